The summed E-state index contributed by atoms with van der Waals surface area (Å²) >= 11 is 2.60. The highest BCUT2D eigenvalue weighted by Crippen LogP contribution is 2.82. The minimum absolute atomic E-state index is 0.300. The van der Waals surface area contributed by atoms with Crippen LogP contribution in [-0.2, 0) is 9.53 Å². The van der Waals surface area contributed by atoms with Gasteiger partial charge >= 0.3 is 0 Å². The van der Waals surface area contributed by atoms with E-state index in [4.69, 9.17) is 4.74 Å². The second kappa shape index (κ2) is 5.46. The number of ether oxygens (including phenoxy) is 1. The van der Waals surface area contributed by atoms with Crippen LogP contribution in [0.25, 0.3) is 0 Å². The van der Waals surface area contributed by atoms with Crippen molar-refractivity contribution in [3.8, 4) is 0 Å². The number of hydrogen-bond acceptors (Lipinski definition) is 2. The van der Waals surface area contributed by atoms with E-state index in [1.165, 1.54) is 49.4 Å². The van der Waals surface area contributed by atoms with Gasteiger partial charge in [0.25, 0.3) is 0 Å². The zero-order valence-electron chi connectivity index (χ0n) is 16.0. The molecule has 5 fully saturated rings. The third kappa shape index (κ3) is 1.89. The molecule has 0 unspecified atom stereocenters. The SMILES string of the molecule is CO[C@@H]1C[C@H]2[C@@H]3CC[C@H](C(C)=O)[C@@]3(CI)CC[C@@H]2[C@@]2(C)CC[C@@H]3C[C@]312. The van der Waals surface area contributed by atoms with Crippen molar-refractivity contribution in [2.45, 2.75) is 71.3 Å². The number of halogens is 1. The number of ketones is 1. The molecule has 5 aliphatic carbocycles. The smallest absolute Gasteiger partial charge is 0.133 e. The third-order valence-corrected chi connectivity index (χ3v) is 11.7. The second-order valence-electron chi connectivity index (χ2n) is 10.4. The molecular weight excluding hydrogens is 423 g/mol. The van der Waals surface area contributed by atoms with Crippen molar-refractivity contribution in [2.24, 2.45) is 45.8 Å². The van der Waals surface area contributed by atoms with Crippen LogP contribution in [0.5, 0.6) is 0 Å². The first-order valence-corrected chi connectivity index (χ1v) is 12.1. The number of carbonyl (C=O) groups excluding carboxylic acids is 1. The molecular formula is C22H33IO2. The van der Waals surface area contributed by atoms with Crippen molar-refractivity contribution in [2.75, 3.05) is 11.5 Å². The van der Waals surface area contributed by atoms with Gasteiger partial charge in [-0.1, -0.05) is 29.5 Å². The van der Waals surface area contributed by atoms with E-state index in [1.54, 1.807) is 0 Å². The lowest BCUT2D eigenvalue weighted by atomic mass is 9.45. The van der Waals surface area contributed by atoms with Gasteiger partial charge in [0.05, 0.1) is 6.10 Å². The van der Waals surface area contributed by atoms with Crippen LogP contribution in [-0.4, -0.2) is 23.4 Å². The summed E-state index contributed by atoms with van der Waals surface area (Å²) in [4.78, 5) is 12.4. The molecule has 2 nitrogen and oxygen atoms in total. The Morgan fingerprint density at radius 3 is 2.60 bits per heavy atom. The summed E-state index contributed by atoms with van der Waals surface area (Å²) in [6, 6.07) is 0. The molecule has 0 aromatic rings. The molecule has 0 aromatic heterocycles. The van der Waals surface area contributed by atoms with Gasteiger partial charge in [-0.2, -0.15) is 0 Å². The van der Waals surface area contributed by atoms with Crippen LogP contribution in [0.3, 0.4) is 0 Å². The van der Waals surface area contributed by atoms with Crippen LogP contribution in [0.15, 0.2) is 0 Å². The molecule has 5 saturated carbocycles. The highest BCUT2D eigenvalue weighted by molar-refractivity contribution is 14.1. The van der Waals surface area contributed by atoms with Gasteiger partial charge in [0.15, 0.2) is 0 Å². The number of rotatable bonds is 3. The number of Topliss-reactive ketones (excluding diaryl/α,β-unsaturated/α-hetero) is 1. The van der Waals surface area contributed by atoms with Gasteiger partial charge in [-0.3, -0.25) is 4.79 Å². The lowest BCUT2D eigenvalue weighted by molar-refractivity contribution is -0.160. The van der Waals surface area contributed by atoms with Crippen LogP contribution in [0, 0.1) is 45.8 Å². The fourth-order valence-corrected chi connectivity index (χ4v) is 10.7. The van der Waals surface area contributed by atoms with Crippen LogP contribution in [0.1, 0.15) is 65.2 Å². The molecule has 5 rings (SSSR count). The summed E-state index contributed by atoms with van der Waals surface area (Å²) in [5.41, 5.74) is 1.33. The second-order valence-corrected chi connectivity index (χ2v) is 11.1. The van der Waals surface area contributed by atoms with Crippen LogP contribution >= 0.6 is 22.6 Å². The lowest BCUT2D eigenvalue weighted by Gasteiger charge is -2.61. The van der Waals surface area contributed by atoms with Crippen molar-refractivity contribution < 1.29 is 9.53 Å². The first kappa shape index (κ1) is 17.5. The van der Waals surface area contributed by atoms with E-state index < -0.39 is 0 Å². The lowest BCUT2D eigenvalue weighted by Crippen LogP contribution is -2.57. The van der Waals surface area contributed by atoms with Gasteiger partial charge in [-0.25, -0.2) is 0 Å². The van der Waals surface area contributed by atoms with Gasteiger partial charge in [0.2, 0.25) is 0 Å². The summed E-state index contributed by atoms with van der Waals surface area (Å²) in [5.74, 6) is 4.20. The number of fused-ring (bicyclic) bond motifs is 4. The topological polar surface area (TPSA) is 26.3 Å². The first-order chi connectivity index (χ1) is 11.9. The minimum atomic E-state index is 0.300. The average Bonchev–Trinajstić information content (AvgIpc) is 3.06. The molecule has 9 atom stereocenters. The zero-order valence-corrected chi connectivity index (χ0v) is 18.2. The predicted octanol–water partition coefficient (Wildman–Crippen LogP) is 5.27. The minimum Gasteiger partial charge on any atom is -0.381 e. The fraction of sp³-hybridized carbons (Fsp3) is 0.955. The van der Waals surface area contributed by atoms with Crippen molar-refractivity contribution in [3.05, 3.63) is 0 Å². The quantitative estimate of drug-likeness (QED) is 0.427. The van der Waals surface area contributed by atoms with Crippen molar-refractivity contribution in [1.82, 2.24) is 0 Å². The summed E-state index contributed by atoms with van der Waals surface area (Å²) in [6.45, 7) is 4.49. The Balaban J connectivity index is 1.54. The summed E-state index contributed by atoms with van der Waals surface area (Å²) < 4.78 is 7.36. The molecule has 3 heteroatoms. The maximum Gasteiger partial charge on any atom is 0.133 e. The molecule has 0 amide bonds. The van der Waals surface area contributed by atoms with Gasteiger partial charge in [0, 0.05) is 22.9 Å². The molecule has 0 radical (unpaired) electrons. The average molecular weight is 456 g/mol. The predicted molar refractivity (Wildman–Crippen MR) is 108 cm³/mol. The number of carbonyl (C=O) groups is 1. The Labute approximate surface area is 166 Å². The first-order valence-electron chi connectivity index (χ1n) is 10.5. The number of alkyl halides is 1. The third-order valence-electron chi connectivity index (χ3n) is 10.3. The van der Waals surface area contributed by atoms with E-state index >= 15 is 0 Å². The molecule has 140 valence electrons. The molecule has 0 bridgehead atoms. The molecule has 1 spiro atoms. The Kier molecular flexibility index (Phi) is 3.81. The number of methoxy groups -OCH3 is 1. The summed E-state index contributed by atoms with van der Waals surface area (Å²) in [7, 11) is 1.97. The number of hydrogen-bond donors (Lipinski definition) is 0. The highest BCUT2D eigenvalue weighted by atomic mass is 127. The molecule has 0 aromatic carbocycles. The van der Waals surface area contributed by atoms with E-state index in [0.717, 1.165) is 30.1 Å². The Morgan fingerprint density at radius 1 is 1.16 bits per heavy atom. The summed E-state index contributed by atoms with van der Waals surface area (Å²) in [6.07, 6.45) is 11.2. The largest absolute Gasteiger partial charge is 0.381 e. The molecule has 0 N–H and O–H groups in total. The maximum absolute atomic E-state index is 12.4. The van der Waals surface area contributed by atoms with Crippen molar-refractivity contribution in [3.63, 3.8) is 0 Å². The monoisotopic (exact) mass is 456 g/mol. The van der Waals surface area contributed by atoms with Crippen LogP contribution < -0.4 is 0 Å². The van der Waals surface area contributed by atoms with Gasteiger partial charge < -0.3 is 4.74 Å². The Hall–Kier alpha value is 0.360. The van der Waals surface area contributed by atoms with Gasteiger partial charge in [0.1, 0.15) is 5.78 Å². The van der Waals surface area contributed by atoms with Crippen LogP contribution in [0.2, 0.25) is 0 Å². The van der Waals surface area contributed by atoms with E-state index in [0.29, 0.717) is 34.1 Å². The zero-order chi connectivity index (χ0) is 17.6. The van der Waals surface area contributed by atoms with E-state index in [2.05, 4.69) is 29.5 Å². The molecule has 0 aliphatic heterocycles. The highest BCUT2D eigenvalue weighted by Gasteiger charge is 2.77. The Morgan fingerprint density at radius 2 is 1.96 bits per heavy atom. The van der Waals surface area contributed by atoms with Gasteiger partial charge in [-0.15, -0.1) is 0 Å². The van der Waals surface area contributed by atoms with E-state index in [-0.39, 0.29) is 0 Å². The van der Waals surface area contributed by atoms with Crippen molar-refractivity contribution >= 4 is 28.4 Å². The molecule has 0 saturated heterocycles. The molecule has 0 heterocycles. The summed E-state index contributed by atoms with van der Waals surface area (Å²) in [5, 5.41) is 0. The standard InChI is InChI=1S/C22H33IO2/c1-13(24)16-4-5-18-15-10-19(25-3)22-11-14(22)6-8-20(22,2)17(15)7-9-21(16,18)12-23/h14-19H,4-12H2,1-3H3/t14-,15-,16-,17+,18+,19-,20-,21+,22+/m1/s1. The van der Waals surface area contributed by atoms with Crippen LogP contribution in [0.4, 0.5) is 0 Å². The van der Waals surface area contributed by atoms with Gasteiger partial charge in [-0.05, 0) is 92.8 Å². The van der Waals surface area contributed by atoms with E-state index in [9.17, 15) is 4.79 Å². The Bertz CT molecular complexity index is 605. The molecule has 5 aliphatic rings. The maximum atomic E-state index is 12.4. The fourth-order valence-electron chi connectivity index (χ4n) is 9.26. The molecule has 25 heavy (non-hydrogen) atoms. The van der Waals surface area contributed by atoms with E-state index in [1.807, 2.05) is 14.0 Å². The normalized spacial score (nSPS) is 58.9. The van der Waals surface area contributed by atoms with Crippen molar-refractivity contribution in [1.29, 1.82) is 0 Å².